The van der Waals surface area contributed by atoms with Crippen LogP contribution in [-0.2, 0) is 35.2 Å². The Morgan fingerprint density at radius 1 is 0.717 bits per heavy atom. The van der Waals surface area contributed by atoms with Gasteiger partial charge in [-0.3, -0.25) is 24.0 Å². The molecule has 0 fully saturated rings. The number of carbonyl (C=O) groups excluding carboxylic acids is 5. The Hall–Kier alpha value is -4.04. The molecule has 0 heterocycles. The summed E-state index contributed by atoms with van der Waals surface area (Å²) in [6.07, 6.45) is 1.91. The zero-order valence-electron chi connectivity index (χ0n) is 28.1. The number of unbranched alkanes of at least 4 members (excludes halogenated alkanes) is 1. The van der Waals surface area contributed by atoms with Gasteiger partial charge in [0.05, 0.1) is 34.3 Å². The molecule has 1 aromatic rings. The molecule has 0 aromatic heterocycles. The van der Waals surface area contributed by atoms with Gasteiger partial charge in [-0.15, -0.1) is 0 Å². The van der Waals surface area contributed by atoms with E-state index >= 15 is 0 Å². The summed E-state index contributed by atoms with van der Waals surface area (Å²) < 4.78 is 0.698. The van der Waals surface area contributed by atoms with Crippen LogP contribution < -0.4 is 26.6 Å². The number of carboxylic acid groups (broad SMARTS) is 1. The molecule has 14 heteroatoms. The first-order valence-electron chi connectivity index (χ1n) is 15.6. The fourth-order valence-electron chi connectivity index (χ4n) is 4.62. The maximum atomic E-state index is 13.5. The van der Waals surface area contributed by atoms with E-state index < -0.39 is 72.3 Å². The van der Waals surface area contributed by atoms with Crippen molar-refractivity contribution in [3.05, 3.63) is 35.9 Å². The third-order valence-corrected chi connectivity index (χ3v) is 7.07. The standard InChI is InChI=1S/C32H52N6O8/c1-20(2)17-25(31(44)35-24(15-11-12-16-38(5,6)7)29(42)37-27(19-39)32(45)46)36-28(41)21(3)33-30(43)26(34-22(4)40)18-23-13-9-8-10-14-23/h8-10,13-14,20-21,24-27,39H,11-12,15-19H2,1-7H3,(H5-,33,34,35,36,37,40,41,42,43,44,45,46)/p+1/t21-,24-,25-,26-,27-/m0/s1. The highest BCUT2D eigenvalue weighted by Gasteiger charge is 2.31. The second-order valence-electron chi connectivity index (χ2n) is 13.0. The number of rotatable bonds is 20. The minimum absolute atomic E-state index is 0.0430. The first kappa shape index (κ1) is 40.0. The van der Waals surface area contributed by atoms with Crippen molar-refractivity contribution in [3.63, 3.8) is 0 Å². The molecule has 0 spiro atoms. The fourth-order valence-corrected chi connectivity index (χ4v) is 4.62. The summed E-state index contributed by atoms with van der Waals surface area (Å²) in [5.41, 5.74) is 0.812. The van der Waals surface area contributed by atoms with Crippen molar-refractivity contribution in [1.82, 2.24) is 26.6 Å². The Morgan fingerprint density at radius 2 is 1.26 bits per heavy atom. The maximum absolute atomic E-state index is 13.5. The average molecular weight is 650 g/mol. The zero-order chi connectivity index (χ0) is 35.0. The van der Waals surface area contributed by atoms with Gasteiger partial charge in [0.2, 0.25) is 29.5 Å². The predicted molar refractivity (Wildman–Crippen MR) is 172 cm³/mol. The topological polar surface area (TPSA) is 203 Å². The molecule has 258 valence electrons. The summed E-state index contributed by atoms with van der Waals surface area (Å²) in [6, 6.07) is 3.34. The molecule has 0 aliphatic heterocycles. The van der Waals surface area contributed by atoms with Crippen molar-refractivity contribution >= 4 is 35.5 Å². The van der Waals surface area contributed by atoms with Crippen LogP contribution in [0.25, 0.3) is 0 Å². The van der Waals surface area contributed by atoms with E-state index in [9.17, 15) is 39.0 Å². The number of aliphatic hydroxyl groups is 1. The normalized spacial score (nSPS) is 14.6. The van der Waals surface area contributed by atoms with Crippen LogP contribution in [0.3, 0.4) is 0 Å². The lowest BCUT2D eigenvalue weighted by atomic mass is 10.0. The Morgan fingerprint density at radius 3 is 1.78 bits per heavy atom. The van der Waals surface area contributed by atoms with Crippen molar-refractivity contribution in [2.45, 2.75) is 90.0 Å². The van der Waals surface area contributed by atoms with E-state index in [0.717, 1.165) is 18.5 Å². The number of nitrogens with one attached hydrogen (secondary N) is 5. The van der Waals surface area contributed by atoms with Gasteiger partial charge in [-0.25, -0.2) is 4.79 Å². The van der Waals surface area contributed by atoms with E-state index in [0.29, 0.717) is 10.9 Å². The van der Waals surface area contributed by atoms with Gasteiger partial charge in [0.15, 0.2) is 0 Å². The molecule has 0 unspecified atom stereocenters. The number of carbonyl (C=O) groups is 6. The van der Waals surface area contributed by atoms with E-state index in [1.54, 1.807) is 0 Å². The van der Waals surface area contributed by atoms with Crippen LogP contribution in [0, 0.1) is 5.92 Å². The number of hydrogen-bond acceptors (Lipinski definition) is 7. The summed E-state index contributed by atoms with van der Waals surface area (Å²) in [6.45, 7) is 6.43. The van der Waals surface area contributed by atoms with Crippen LogP contribution in [0.4, 0.5) is 0 Å². The molecule has 46 heavy (non-hydrogen) atoms. The molecule has 1 rings (SSSR count). The SMILES string of the molecule is CC(=O)N[C@@H](Cc1ccccc1)C(=O)N[C@@H](C)C(=O)N[C@@H](CC(C)C)C(=O)N[C@@H](CCCC[N+](C)(C)C)C(=O)N[C@@H](CO)C(=O)O. The molecule has 0 radical (unpaired) electrons. The number of nitrogens with zero attached hydrogens (tertiary/aromatic N) is 1. The highest BCUT2D eigenvalue weighted by atomic mass is 16.4. The quantitative estimate of drug-likeness (QED) is 0.0736. The molecule has 0 aliphatic rings. The molecule has 0 saturated carbocycles. The first-order valence-corrected chi connectivity index (χ1v) is 15.6. The minimum atomic E-state index is -1.54. The van der Waals surface area contributed by atoms with Crippen LogP contribution in [0.2, 0.25) is 0 Å². The van der Waals surface area contributed by atoms with E-state index in [2.05, 4.69) is 26.6 Å². The average Bonchev–Trinajstić information content (AvgIpc) is 2.95. The number of benzene rings is 1. The summed E-state index contributed by atoms with van der Waals surface area (Å²) >= 11 is 0. The lowest BCUT2D eigenvalue weighted by Crippen LogP contribution is -2.58. The fraction of sp³-hybridized carbons (Fsp3) is 0.625. The van der Waals surface area contributed by atoms with Gasteiger partial charge in [-0.2, -0.15) is 0 Å². The maximum Gasteiger partial charge on any atom is 0.328 e. The van der Waals surface area contributed by atoms with Crippen LogP contribution in [0.15, 0.2) is 30.3 Å². The third kappa shape index (κ3) is 15.8. The number of aliphatic hydroxyl groups excluding tert-OH is 1. The van der Waals surface area contributed by atoms with Crippen LogP contribution in [0.1, 0.15) is 58.9 Å². The molecule has 0 saturated heterocycles. The molecule has 0 bridgehead atoms. The third-order valence-electron chi connectivity index (χ3n) is 7.07. The summed E-state index contributed by atoms with van der Waals surface area (Å²) in [4.78, 5) is 76.0. The predicted octanol–water partition coefficient (Wildman–Crippen LogP) is -0.308. The largest absolute Gasteiger partial charge is 0.480 e. The van der Waals surface area contributed by atoms with E-state index in [1.165, 1.54) is 13.8 Å². The van der Waals surface area contributed by atoms with Crippen molar-refractivity contribution in [3.8, 4) is 0 Å². The Bertz CT molecular complexity index is 1170. The second-order valence-corrected chi connectivity index (χ2v) is 13.0. The Kier molecular flexibility index (Phi) is 16.9. The van der Waals surface area contributed by atoms with Crippen molar-refractivity contribution in [1.29, 1.82) is 0 Å². The molecule has 0 aliphatic carbocycles. The van der Waals surface area contributed by atoms with Gasteiger partial charge in [0.1, 0.15) is 30.2 Å². The molecular weight excluding hydrogens is 596 g/mol. The van der Waals surface area contributed by atoms with Crippen molar-refractivity contribution < 1.29 is 43.5 Å². The van der Waals surface area contributed by atoms with Crippen molar-refractivity contribution in [2.24, 2.45) is 5.92 Å². The Balaban J connectivity index is 3.04. The highest BCUT2D eigenvalue weighted by molar-refractivity contribution is 5.95. The van der Waals surface area contributed by atoms with Gasteiger partial charge in [0.25, 0.3) is 0 Å². The van der Waals surface area contributed by atoms with Crippen LogP contribution in [-0.4, -0.2) is 115 Å². The Labute approximate surface area is 271 Å². The molecule has 5 atom stereocenters. The van der Waals surface area contributed by atoms with Crippen LogP contribution >= 0.6 is 0 Å². The minimum Gasteiger partial charge on any atom is -0.480 e. The second kappa shape index (κ2) is 19.5. The summed E-state index contributed by atoms with van der Waals surface area (Å²) in [7, 11) is 6.07. The van der Waals surface area contributed by atoms with E-state index in [-0.39, 0.29) is 25.2 Å². The molecule has 5 amide bonds. The van der Waals surface area contributed by atoms with Gasteiger partial charge < -0.3 is 41.3 Å². The highest BCUT2D eigenvalue weighted by Crippen LogP contribution is 2.10. The van der Waals surface area contributed by atoms with Gasteiger partial charge in [-0.1, -0.05) is 44.2 Å². The summed E-state index contributed by atoms with van der Waals surface area (Å²) in [5, 5.41) is 31.5. The monoisotopic (exact) mass is 649 g/mol. The molecular formula is C32H53N6O8+. The lowest BCUT2D eigenvalue weighted by Gasteiger charge is -2.27. The first-order chi connectivity index (χ1) is 21.4. The van der Waals surface area contributed by atoms with Gasteiger partial charge in [-0.05, 0) is 44.1 Å². The molecule has 7 N–H and O–H groups in total. The number of hydrogen-bond donors (Lipinski definition) is 7. The van der Waals surface area contributed by atoms with Crippen molar-refractivity contribution in [2.75, 3.05) is 34.3 Å². The molecule has 14 nitrogen and oxygen atoms in total. The zero-order valence-corrected chi connectivity index (χ0v) is 28.1. The van der Waals surface area contributed by atoms with E-state index in [4.69, 9.17) is 0 Å². The van der Waals surface area contributed by atoms with Gasteiger partial charge in [0, 0.05) is 13.3 Å². The molecule has 1 aromatic carbocycles. The summed E-state index contributed by atoms with van der Waals surface area (Å²) in [5.74, 6) is -4.51. The number of carboxylic acids is 1. The number of amides is 5. The smallest absolute Gasteiger partial charge is 0.328 e. The van der Waals surface area contributed by atoms with Crippen LogP contribution in [0.5, 0.6) is 0 Å². The number of quaternary nitrogens is 1. The number of aliphatic carboxylic acids is 1. The van der Waals surface area contributed by atoms with Gasteiger partial charge >= 0.3 is 5.97 Å². The lowest BCUT2D eigenvalue weighted by molar-refractivity contribution is -0.870. The van der Waals surface area contributed by atoms with E-state index in [1.807, 2.05) is 65.3 Å².